The zero-order valence-electron chi connectivity index (χ0n) is 15.6. The molecule has 1 aliphatic heterocycles. The number of rotatable bonds is 5. The maximum absolute atomic E-state index is 12.8. The highest BCUT2D eigenvalue weighted by Gasteiger charge is 2.29. The van der Waals surface area contributed by atoms with Crippen LogP contribution >= 0.6 is 11.3 Å². The highest BCUT2D eigenvalue weighted by atomic mass is 32.2. The molecule has 1 N–H and O–H groups in total. The summed E-state index contributed by atoms with van der Waals surface area (Å²) in [5.74, 6) is -0.596. The third-order valence-electron chi connectivity index (χ3n) is 4.88. The van der Waals surface area contributed by atoms with Crippen molar-refractivity contribution >= 4 is 38.6 Å². The van der Waals surface area contributed by atoms with Gasteiger partial charge in [-0.2, -0.15) is 4.31 Å². The quantitative estimate of drug-likeness (QED) is 0.478. The summed E-state index contributed by atoms with van der Waals surface area (Å²) in [6.07, 6.45) is 0.568. The Hall–Kier alpha value is -3.08. The summed E-state index contributed by atoms with van der Waals surface area (Å²) >= 11 is 1.18. The first kappa shape index (κ1) is 20.2. The second-order valence-electron chi connectivity index (χ2n) is 6.73. The fraction of sp³-hybridized carbons (Fsp3) is 0.150. The van der Waals surface area contributed by atoms with E-state index in [0.29, 0.717) is 22.9 Å². The van der Waals surface area contributed by atoms with E-state index in [9.17, 15) is 23.3 Å². The molecule has 0 atom stereocenters. The summed E-state index contributed by atoms with van der Waals surface area (Å²) in [6.45, 7) is 0.583. The monoisotopic (exact) mass is 443 g/mol. The van der Waals surface area contributed by atoms with Crippen LogP contribution in [-0.4, -0.2) is 30.1 Å². The van der Waals surface area contributed by atoms with Crippen molar-refractivity contribution in [2.75, 3.05) is 11.9 Å². The molecule has 3 aromatic rings. The van der Waals surface area contributed by atoms with Gasteiger partial charge in [-0.3, -0.25) is 14.9 Å². The fourth-order valence-corrected chi connectivity index (χ4v) is 5.94. The summed E-state index contributed by atoms with van der Waals surface area (Å²) in [4.78, 5) is 23.1. The van der Waals surface area contributed by atoms with E-state index in [0.717, 1.165) is 11.1 Å². The summed E-state index contributed by atoms with van der Waals surface area (Å²) in [7, 11) is -3.57. The standard InChI is InChI=1S/C20H17N3O5S2/c24-20(17-4-1-2-5-18(17)23(25)26)21-16-8-7-14-9-10-22(13-15(14)12-16)30(27,28)19-6-3-11-29-19/h1-8,11-12H,9-10,13H2,(H,21,24). The van der Waals surface area contributed by atoms with Gasteiger partial charge in [0.05, 0.1) is 4.92 Å². The highest BCUT2D eigenvalue weighted by molar-refractivity contribution is 7.91. The van der Waals surface area contributed by atoms with Crippen LogP contribution in [0.15, 0.2) is 64.2 Å². The molecular weight excluding hydrogens is 426 g/mol. The van der Waals surface area contributed by atoms with Crippen LogP contribution < -0.4 is 5.32 Å². The lowest BCUT2D eigenvalue weighted by Crippen LogP contribution is -2.35. The fourth-order valence-electron chi connectivity index (χ4n) is 3.37. The molecule has 0 aliphatic carbocycles. The second-order valence-corrected chi connectivity index (χ2v) is 9.85. The Morgan fingerprint density at radius 1 is 1.10 bits per heavy atom. The van der Waals surface area contributed by atoms with E-state index < -0.39 is 20.9 Å². The van der Waals surface area contributed by atoms with Gasteiger partial charge >= 0.3 is 0 Å². The van der Waals surface area contributed by atoms with E-state index in [4.69, 9.17) is 0 Å². The summed E-state index contributed by atoms with van der Waals surface area (Å²) in [5, 5.41) is 15.6. The third kappa shape index (κ3) is 3.84. The minimum absolute atomic E-state index is 0.0397. The number of nitrogens with one attached hydrogen (secondary N) is 1. The van der Waals surface area contributed by atoms with Crippen molar-refractivity contribution in [1.82, 2.24) is 4.31 Å². The van der Waals surface area contributed by atoms with Gasteiger partial charge in [0, 0.05) is 24.8 Å². The number of para-hydroxylation sites is 1. The molecule has 0 fully saturated rings. The number of carbonyl (C=O) groups is 1. The third-order valence-corrected chi connectivity index (χ3v) is 8.09. The Balaban J connectivity index is 1.57. The van der Waals surface area contributed by atoms with Crippen LogP contribution in [0.5, 0.6) is 0 Å². The largest absolute Gasteiger partial charge is 0.322 e. The van der Waals surface area contributed by atoms with Gasteiger partial charge in [-0.1, -0.05) is 24.3 Å². The van der Waals surface area contributed by atoms with Gasteiger partial charge in [0.25, 0.3) is 21.6 Å². The molecule has 8 nitrogen and oxygen atoms in total. The number of nitro groups is 1. The van der Waals surface area contributed by atoms with Crippen LogP contribution in [0.25, 0.3) is 0 Å². The number of benzene rings is 2. The average Bonchev–Trinajstić information content (AvgIpc) is 3.29. The van der Waals surface area contributed by atoms with Crippen molar-refractivity contribution in [3.63, 3.8) is 0 Å². The van der Waals surface area contributed by atoms with Gasteiger partial charge in [0.15, 0.2) is 0 Å². The summed E-state index contributed by atoms with van der Waals surface area (Å²) in [6, 6.07) is 14.3. The van der Waals surface area contributed by atoms with Crippen molar-refractivity contribution in [1.29, 1.82) is 0 Å². The number of hydrogen-bond donors (Lipinski definition) is 1. The highest BCUT2D eigenvalue weighted by Crippen LogP contribution is 2.29. The lowest BCUT2D eigenvalue weighted by molar-refractivity contribution is -0.385. The molecule has 0 radical (unpaired) electrons. The van der Waals surface area contributed by atoms with Gasteiger partial charge in [-0.15, -0.1) is 11.3 Å². The molecule has 1 aromatic heterocycles. The number of carbonyl (C=O) groups excluding carboxylic acids is 1. The molecule has 2 aromatic carbocycles. The predicted octanol–water partition coefficient (Wildman–Crippen LogP) is 3.66. The molecule has 1 aliphatic rings. The molecule has 10 heteroatoms. The van der Waals surface area contributed by atoms with Crippen LogP contribution in [0.4, 0.5) is 11.4 Å². The number of sulfonamides is 1. The van der Waals surface area contributed by atoms with E-state index in [1.165, 1.54) is 33.8 Å². The van der Waals surface area contributed by atoms with E-state index >= 15 is 0 Å². The molecule has 1 amide bonds. The topological polar surface area (TPSA) is 110 Å². The lowest BCUT2D eigenvalue weighted by Gasteiger charge is -2.28. The first-order valence-corrected chi connectivity index (χ1v) is 11.4. The van der Waals surface area contributed by atoms with Crippen molar-refractivity contribution < 1.29 is 18.1 Å². The van der Waals surface area contributed by atoms with Crippen LogP contribution in [0, 0.1) is 10.1 Å². The molecule has 154 valence electrons. The Morgan fingerprint density at radius 3 is 2.63 bits per heavy atom. The number of nitrogens with zero attached hydrogens (tertiary/aromatic N) is 2. The number of amides is 1. The Kier molecular flexibility index (Phi) is 5.37. The first-order chi connectivity index (χ1) is 14.4. The van der Waals surface area contributed by atoms with Crippen molar-refractivity contribution in [2.45, 2.75) is 17.2 Å². The maximum atomic E-state index is 12.8. The van der Waals surface area contributed by atoms with Crippen LogP contribution in [0.3, 0.4) is 0 Å². The molecule has 30 heavy (non-hydrogen) atoms. The average molecular weight is 444 g/mol. The van der Waals surface area contributed by atoms with Gasteiger partial charge in [-0.25, -0.2) is 8.42 Å². The van der Waals surface area contributed by atoms with Crippen LogP contribution in [0.2, 0.25) is 0 Å². The van der Waals surface area contributed by atoms with Crippen LogP contribution in [0.1, 0.15) is 21.5 Å². The van der Waals surface area contributed by atoms with E-state index in [2.05, 4.69) is 5.32 Å². The first-order valence-electron chi connectivity index (χ1n) is 9.06. The Morgan fingerprint density at radius 2 is 1.90 bits per heavy atom. The molecule has 0 spiro atoms. The second kappa shape index (κ2) is 7.98. The van der Waals surface area contributed by atoms with E-state index in [1.807, 2.05) is 6.07 Å². The molecule has 4 rings (SSSR count). The Labute approximate surface area is 177 Å². The molecule has 0 bridgehead atoms. The number of nitro benzene ring substituents is 1. The molecule has 0 unspecified atom stereocenters. The predicted molar refractivity (Wildman–Crippen MR) is 113 cm³/mol. The van der Waals surface area contributed by atoms with Gasteiger partial charge < -0.3 is 5.32 Å². The number of anilines is 1. The minimum Gasteiger partial charge on any atom is -0.322 e. The molecule has 2 heterocycles. The molecular formula is C20H17N3O5S2. The van der Waals surface area contributed by atoms with Crippen molar-refractivity contribution in [3.05, 3.63) is 86.8 Å². The van der Waals surface area contributed by atoms with E-state index in [-0.39, 0.29) is 17.8 Å². The zero-order chi connectivity index (χ0) is 21.3. The molecule has 0 saturated heterocycles. The van der Waals surface area contributed by atoms with Gasteiger partial charge in [0.1, 0.15) is 9.77 Å². The number of thiophene rings is 1. The van der Waals surface area contributed by atoms with E-state index in [1.54, 1.807) is 35.7 Å². The molecule has 0 saturated carbocycles. The Bertz CT molecular complexity index is 1220. The van der Waals surface area contributed by atoms with Crippen molar-refractivity contribution in [2.24, 2.45) is 0 Å². The number of fused-ring (bicyclic) bond motifs is 1. The summed E-state index contributed by atoms with van der Waals surface area (Å²) < 4.78 is 27.3. The maximum Gasteiger partial charge on any atom is 0.282 e. The number of hydrogen-bond acceptors (Lipinski definition) is 6. The van der Waals surface area contributed by atoms with Crippen LogP contribution in [-0.2, 0) is 23.0 Å². The minimum atomic E-state index is -3.57. The summed E-state index contributed by atoms with van der Waals surface area (Å²) in [5.41, 5.74) is 1.94. The SMILES string of the molecule is O=C(Nc1ccc2c(c1)CN(S(=O)(=O)c1cccs1)CC2)c1ccccc1[N+](=O)[O-]. The van der Waals surface area contributed by atoms with Gasteiger partial charge in [-0.05, 0) is 47.2 Å². The normalized spacial score (nSPS) is 14.1. The lowest BCUT2D eigenvalue weighted by atomic mass is 10.0. The van der Waals surface area contributed by atoms with Gasteiger partial charge in [0.2, 0.25) is 0 Å². The zero-order valence-corrected chi connectivity index (χ0v) is 17.3. The smallest absolute Gasteiger partial charge is 0.282 e. The van der Waals surface area contributed by atoms with Crippen molar-refractivity contribution in [3.8, 4) is 0 Å².